The number of anilines is 1. The molecule has 1 N–H and O–H groups in total. The first kappa shape index (κ1) is 12.8. The van der Waals surface area contributed by atoms with Crippen molar-refractivity contribution in [2.75, 3.05) is 11.9 Å². The first-order chi connectivity index (χ1) is 9.34. The van der Waals surface area contributed by atoms with E-state index in [4.69, 9.17) is 4.84 Å². The maximum atomic E-state index is 11.5. The fourth-order valence-electron chi connectivity index (χ4n) is 1.45. The van der Waals surface area contributed by atoms with E-state index in [1.54, 1.807) is 6.21 Å². The van der Waals surface area contributed by atoms with E-state index in [-0.39, 0.29) is 12.5 Å². The van der Waals surface area contributed by atoms with Crippen LogP contribution in [0.5, 0.6) is 0 Å². The number of hydrogen-bond donors (Lipinski definition) is 1. The highest BCUT2D eigenvalue weighted by molar-refractivity contribution is 5.91. The second kappa shape index (κ2) is 6.96. The zero-order valence-electron chi connectivity index (χ0n) is 10.3. The summed E-state index contributed by atoms with van der Waals surface area (Å²) in [4.78, 5) is 16.4. The average molecular weight is 254 g/mol. The van der Waals surface area contributed by atoms with Crippen LogP contribution in [0.3, 0.4) is 0 Å². The van der Waals surface area contributed by atoms with Gasteiger partial charge in [-0.15, -0.1) is 0 Å². The van der Waals surface area contributed by atoms with Crippen molar-refractivity contribution < 1.29 is 9.63 Å². The normalized spacial score (nSPS) is 10.3. The molecule has 0 bridgehead atoms. The summed E-state index contributed by atoms with van der Waals surface area (Å²) in [7, 11) is 0. The summed E-state index contributed by atoms with van der Waals surface area (Å²) >= 11 is 0. The van der Waals surface area contributed by atoms with Gasteiger partial charge in [0.1, 0.15) is 0 Å². The van der Waals surface area contributed by atoms with Crippen LogP contribution in [0.4, 0.5) is 5.69 Å². The number of oxime groups is 1. The molecule has 0 heterocycles. The summed E-state index contributed by atoms with van der Waals surface area (Å²) in [5.41, 5.74) is 1.66. The number of amides is 1. The third-order valence-corrected chi connectivity index (χ3v) is 2.33. The molecular weight excluding hydrogens is 240 g/mol. The molecule has 2 aromatic rings. The lowest BCUT2D eigenvalue weighted by atomic mass is 10.2. The molecule has 0 saturated heterocycles. The van der Waals surface area contributed by atoms with Crippen LogP contribution in [0.1, 0.15) is 5.56 Å². The van der Waals surface area contributed by atoms with E-state index in [9.17, 15) is 4.79 Å². The molecule has 0 aliphatic carbocycles. The molecule has 19 heavy (non-hydrogen) atoms. The number of para-hydroxylation sites is 1. The Bertz CT molecular complexity index is 539. The van der Waals surface area contributed by atoms with Gasteiger partial charge < -0.3 is 10.2 Å². The Morgan fingerprint density at radius 1 is 1.05 bits per heavy atom. The minimum absolute atomic E-state index is 0.113. The SMILES string of the molecule is O=C(CO/N=C\c1ccccc1)Nc1ccccc1. The summed E-state index contributed by atoms with van der Waals surface area (Å²) < 4.78 is 0. The monoisotopic (exact) mass is 254 g/mol. The number of carbonyl (C=O) groups excluding carboxylic acids is 1. The quantitative estimate of drug-likeness (QED) is 0.658. The van der Waals surface area contributed by atoms with Crippen molar-refractivity contribution in [2.24, 2.45) is 5.16 Å². The first-order valence-electron chi connectivity index (χ1n) is 5.90. The lowest BCUT2D eigenvalue weighted by Gasteiger charge is -2.03. The lowest BCUT2D eigenvalue weighted by molar-refractivity contribution is -0.120. The molecule has 4 heteroatoms. The molecule has 0 unspecified atom stereocenters. The van der Waals surface area contributed by atoms with E-state index in [1.165, 1.54) is 0 Å². The first-order valence-corrected chi connectivity index (χ1v) is 5.90. The molecule has 2 aromatic carbocycles. The molecular formula is C15H14N2O2. The highest BCUT2D eigenvalue weighted by atomic mass is 16.6. The predicted molar refractivity (Wildman–Crippen MR) is 75.1 cm³/mol. The van der Waals surface area contributed by atoms with Gasteiger partial charge in [0.2, 0.25) is 0 Å². The second-order valence-electron chi connectivity index (χ2n) is 3.83. The van der Waals surface area contributed by atoms with E-state index < -0.39 is 0 Å². The highest BCUT2D eigenvalue weighted by Crippen LogP contribution is 2.04. The molecule has 0 atom stereocenters. The Kier molecular flexibility index (Phi) is 4.70. The van der Waals surface area contributed by atoms with Gasteiger partial charge in [-0.3, -0.25) is 4.79 Å². The van der Waals surface area contributed by atoms with Gasteiger partial charge in [-0.2, -0.15) is 0 Å². The van der Waals surface area contributed by atoms with Crippen LogP contribution >= 0.6 is 0 Å². The molecule has 0 aliphatic rings. The van der Waals surface area contributed by atoms with E-state index >= 15 is 0 Å². The van der Waals surface area contributed by atoms with Crippen LogP contribution in [-0.4, -0.2) is 18.7 Å². The summed E-state index contributed by atoms with van der Waals surface area (Å²) in [6.07, 6.45) is 1.57. The minimum atomic E-state index is -0.239. The van der Waals surface area contributed by atoms with Crippen molar-refractivity contribution in [1.29, 1.82) is 0 Å². The van der Waals surface area contributed by atoms with Crippen LogP contribution in [-0.2, 0) is 9.63 Å². The fourth-order valence-corrected chi connectivity index (χ4v) is 1.45. The number of nitrogens with zero attached hydrogens (tertiary/aromatic N) is 1. The van der Waals surface area contributed by atoms with Crippen molar-refractivity contribution in [3.63, 3.8) is 0 Å². The molecule has 4 nitrogen and oxygen atoms in total. The predicted octanol–water partition coefficient (Wildman–Crippen LogP) is 2.68. The van der Waals surface area contributed by atoms with E-state index in [2.05, 4.69) is 10.5 Å². The lowest BCUT2D eigenvalue weighted by Crippen LogP contribution is -2.16. The van der Waals surface area contributed by atoms with Crippen molar-refractivity contribution in [3.8, 4) is 0 Å². The minimum Gasteiger partial charge on any atom is -0.386 e. The van der Waals surface area contributed by atoms with Crippen LogP contribution in [0.25, 0.3) is 0 Å². The number of rotatable bonds is 5. The molecule has 0 radical (unpaired) electrons. The molecule has 96 valence electrons. The van der Waals surface area contributed by atoms with Gasteiger partial charge in [0.15, 0.2) is 6.61 Å². The Hall–Kier alpha value is -2.62. The van der Waals surface area contributed by atoms with Crippen molar-refractivity contribution in [3.05, 3.63) is 66.2 Å². The van der Waals surface area contributed by atoms with Crippen LogP contribution < -0.4 is 5.32 Å². The number of benzene rings is 2. The largest absolute Gasteiger partial charge is 0.386 e. The van der Waals surface area contributed by atoms with Crippen LogP contribution in [0, 0.1) is 0 Å². The Morgan fingerprint density at radius 2 is 1.68 bits per heavy atom. The van der Waals surface area contributed by atoms with Crippen molar-refractivity contribution in [1.82, 2.24) is 0 Å². The summed E-state index contributed by atoms with van der Waals surface area (Å²) in [6.45, 7) is -0.113. The Balaban J connectivity index is 1.74. The summed E-state index contributed by atoms with van der Waals surface area (Å²) in [5, 5.41) is 6.44. The van der Waals surface area contributed by atoms with E-state index in [1.807, 2.05) is 60.7 Å². The third kappa shape index (κ3) is 4.63. The standard InChI is InChI=1S/C15H14N2O2/c18-15(17-14-9-5-2-6-10-14)12-19-16-11-13-7-3-1-4-8-13/h1-11H,12H2,(H,17,18)/b16-11-. The average Bonchev–Trinajstić information content (AvgIpc) is 2.46. The van der Waals surface area contributed by atoms with Crippen LogP contribution in [0.15, 0.2) is 65.8 Å². The second-order valence-corrected chi connectivity index (χ2v) is 3.83. The molecule has 2 rings (SSSR count). The summed E-state index contributed by atoms with van der Waals surface area (Å²) in [5.74, 6) is -0.239. The van der Waals surface area contributed by atoms with Gasteiger partial charge in [-0.05, 0) is 17.7 Å². The Morgan fingerprint density at radius 3 is 2.37 bits per heavy atom. The number of carbonyl (C=O) groups is 1. The number of hydrogen-bond acceptors (Lipinski definition) is 3. The zero-order valence-corrected chi connectivity index (χ0v) is 10.3. The number of nitrogens with one attached hydrogen (secondary N) is 1. The summed E-state index contributed by atoms with van der Waals surface area (Å²) in [6, 6.07) is 18.7. The maximum Gasteiger partial charge on any atom is 0.265 e. The third-order valence-electron chi connectivity index (χ3n) is 2.33. The van der Waals surface area contributed by atoms with E-state index in [0.29, 0.717) is 0 Å². The molecule has 0 spiro atoms. The van der Waals surface area contributed by atoms with E-state index in [0.717, 1.165) is 11.3 Å². The van der Waals surface area contributed by atoms with Gasteiger partial charge in [0.05, 0.1) is 6.21 Å². The molecule has 1 amide bonds. The molecule has 0 fully saturated rings. The van der Waals surface area contributed by atoms with Gasteiger partial charge in [-0.1, -0.05) is 53.7 Å². The van der Waals surface area contributed by atoms with Crippen molar-refractivity contribution in [2.45, 2.75) is 0 Å². The van der Waals surface area contributed by atoms with Gasteiger partial charge in [0, 0.05) is 5.69 Å². The Labute approximate surface area is 111 Å². The molecule has 0 aliphatic heterocycles. The topological polar surface area (TPSA) is 50.7 Å². The van der Waals surface area contributed by atoms with Gasteiger partial charge in [-0.25, -0.2) is 0 Å². The molecule has 0 aromatic heterocycles. The molecule has 0 saturated carbocycles. The maximum absolute atomic E-state index is 11.5. The smallest absolute Gasteiger partial charge is 0.265 e. The highest BCUT2D eigenvalue weighted by Gasteiger charge is 2.01. The zero-order chi connectivity index (χ0) is 13.3. The van der Waals surface area contributed by atoms with Gasteiger partial charge >= 0.3 is 0 Å². The van der Waals surface area contributed by atoms with Crippen molar-refractivity contribution >= 4 is 17.8 Å². The van der Waals surface area contributed by atoms with Crippen LogP contribution in [0.2, 0.25) is 0 Å². The van der Waals surface area contributed by atoms with Gasteiger partial charge in [0.25, 0.3) is 5.91 Å². The fraction of sp³-hybridized carbons (Fsp3) is 0.0667.